The van der Waals surface area contributed by atoms with Crippen LogP contribution < -0.4 is 10.6 Å². The summed E-state index contributed by atoms with van der Waals surface area (Å²) in [5, 5.41) is 14.4. The van der Waals surface area contributed by atoms with E-state index >= 15 is 0 Å². The van der Waals surface area contributed by atoms with Gasteiger partial charge in [0.15, 0.2) is 0 Å². The van der Waals surface area contributed by atoms with Crippen LogP contribution in [-0.2, 0) is 9.53 Å². The van der Waals surface area contributed by atoms with Gasteiger partial charge in [0.2, 0.25) is 0 Å². The summed E-state index contributed by atoms with van der Waals surface area (Å²) >= 11 is 0. The summed E-state index contributed by atoms with van der Waals surface area (Å²) in [6.07, 6.45) is 1.79. The van der Waals surface area contributed by atoms with Gasteiger partial charge in [-0.2, -0.15) is 0 Å². The van der Waals surface area contributed by atoms with E-state index in [1.165, 1.54) is 6.92 Å². The predicted octanol–water partition coefficient (Wildman–Crippen LogP) is 1.35. The molecular weight excluding hydrogens is 236 g/mol. The number of amides is 2. The van der Waals surface area contributed by atoms with Crippen LogP contribution in [-0.4, -0.2) is 42.4 Å². The number of hydrogen-bond acceptors (Lipinski definition) is 3. The van der Waals surface area contributed by atoms with Crippen molar-refractivity contribution < 1.29 is 19.4 Å². The first kappa shape index (κ1) is 16.7. The summed E-state index contributed by atoms with van der Waals surface area (Å²) in [4.78, 5) is 22.9. The van der Waals surface area contributed by atoms with E-state index in [1.807, 2.05) is 13.8 Å². The minimum Gasteiger partial charge on any atom is -0.480 e. The van der Waals surface area contributed by atoms with Crippen LogP contribution >= 0.6 is 0 Å². The number of urea groups is 1. The molecule has 106 valence electrons. The zero-order valence-electron chi connectivity index (χ0n) is 11.6. The molecule has 0 saturated carbocycles. The van der Waals surface area contributed by atoms with Crippen molar-refractivity contribution >= 4 is 12.0 Å². The van der Waals surface area contributed by atoms with Crippen molar-refractivity contribution in [3.8, 4) is 0 Å². The van der Waals surface area contributed by atoms with Gasteiger partial charge in [-0.25, -0.2) is 9.59 Å². The summed E-state index contributed by atoms with van der Waals surface area (Å²) in [5.74, 6) is -1.03. The summed E-state index contributed by atoms with van der Waals surface area (Å²) < 4.78 is 4.96. The maximum absolute atomic E-state index is 11.7. The predicted molar refractivity (Wildman–Crippen MR) is 68.6 cm³/mol. The number of methoxy groups -OCH3 is 1. The minimum atomic E-state index is -1.23. The van der Waals surface area contributed by atoms with Gasteiger partial charge in [0.1, 0.15) is 5.54 Å². The van der Waals surface area contributed by atoms with Gasteiger partial charge in [0.25, 0.3) is 0 Å². The Morgan fingerprint density at radius 1 is 1.39 bits per heavy atom. The van der Waals surface area contributed by atoms with E-state index < -0.39 is 17.5 Å². The molecule has 0 heterocycles. The lowest BCUT2D eigenvalue weighted by molar-refractivity contribution is -0.144. The normalized spacial score (nSPS) is 15.6. The highest BCUT2D eigenvalue weighted by atomic mass is 16.5. The quantitative estimate of drug-likeness (QED) is 0.615. The number of nitrogens with one attached hydrogen (secondary N) is 2. The molecule has 0 radical (unpaired) electrons. The zero-order chi connectivity index (χ0) is 14.2. The van der Waals surface area contributed by atoms with Crippen LogP contribution in [0.3, 0.4) is 0 Å². The molecule has 0 saturated heterocycles. The Bertz CT molecular complexity index is 283. The Balaban J connectivity index is 4.46. The maximum Gasteiger partial charge on any atom is 0.329 e. The van der Waals surface area contributed by atoms with Crippen molar-refractivity contribution in [3.05, 3.63) is 0 Å². The Morgan fingerprint density at radius 2 is 2.00 bits per heavy atom. The molecule has 2 atom stereocenters. The fraction of sp³-hybridized carbons (Fsp3) is 0.833. The van der Waals surface area contributed by atoms with Crippen LogP contribution in [0.2, 0.25) is 0 Å². The summed E-state index contributed by atoms with van der Waals surface area (Å²) in [7, 11) is 1.56. The SMILES string of the molecule is CCCC(C)(NC(=O)NC(CC)COC)C(=O)O. The number of carbonyl (C=O) groups excluding carboxylic acids is 1. The molecule has 0 aliphatic carbocycles. The Hall–Kier alpha value is -1.30. The van der Waals surface area contributed by atoms with Gasteiger partial charge in [-0.1, -0.05) is 20.3 Å². The molecule has 6 heteroatoms. The molecular formula is C12H24N2O4. The van der Waals surface area contributed by atoms with E-state index in [-0.39, 0.29) is 6.04 Å². The molecule has 0 aromatic rings. The number of aliphatic carboxylic acids is 1. The topological polar surface area (TPSA) is 87.7 Å². The highest BCUT2D eigenvalue weighted by Crippen LogP contribution is 2.12. The smallest absolute Gasteiger partial charge is 0.329 e. The molecule has 3 N–H and O–H groups in total. The molecule has 2 amide bonds. The summed E-state index contributed by atoms with van der Waals surface area (Å²) in [6.45, 7) is 5.71. The third kappa shape index (κ3) is 5.35. The van der Waals surface area contributed by atoms with E-state index in [0.29, 0.717) is 19.4 Å². The molecule has 0 rings (SSSR count). The average Bonchev–Trinajstić information content (AvgIpc) is 2.28. The Labute approximate surface area is 108 Å². The molecule has 0 aromatic heterocycles. The van der Waals surface area contributed by atoms with Crippen LogP contribution in [0.15, 0.2) is 0 Å². The fourth-order valence-corrected chi connectivity index (χ4v) is 1.66. The number of hydrogen-bond donors (Lipinski definition) is 3. The Morgan fingerprint density at radius 3 is 2.39 bits per heavy atom. The third-order valence-electron chi connectivity index (χ3n) is 2.81. The average molecular weight is 260 g/mol. The highest BCUT2D eigenvalue weighted by molar-refractivity contribution is 5.85. The number of ether oxygens (including phenoxy) is 1. The van der Waals surface area contributed by atoms with E-state index in [2.05, 4.69) is 10.6 Å². The minimum absolute atomic E-state index is 0.116. The lowest BCUT2D eigenvalue weighted by Gasteiger charge is -2.27. The van der Waals surface area contributed by atoms with E-state index in [1.54, 1.807) is 7.11 Å². The van der Waals surface area contributed by atoms with Crippen molar-refractivity contribution in [3.63, 3.8) is 0 Å². The third-order valence-corrected chi connectivity index (χ3v) is 2.81. The molecule has 0 bridgehead atoms. The first-order valence-corrected chi connectivity index (χ1v) is 6.20. The van der Waals surface area contributed by atoms with Crippen LogP contribution in [0.25, 0.3) is 0 Å². The first-order valence-electron chi connectivity index (χ1n) is 6.20. The summed E-state index contributed by atoms with van der Waals surface area (Å²) in [5.41, 5.74) is -1.23. The van der Waals surface area contributed by atoms with E-state index in [9.17, 15) is 9.59 Å². The van der Waals surface area contributed by atoms with Crippen molar-refractivity contribution in [1.82, 2.24) is 10.6 Å². The highest BCUT2D eigenvalue weighted by Gasteiger charge is 2.34. The number of carboxylic acids is 1. The van der Waals surface area contributed by atoms with Crippen LogP contribution in [0, 0.1) is 0 Å². The molecule has 0 aromatic carbocycles. The Kier molecular flexibility index (Phi) is 7.35. The number of carbonyl (C=O) groups is 2. The molecule has 2 unspecified atom stereocenters. The second-order valence-corrected chi connectivity index (χ2v) is 4.55. The van der Waals surface area contributed by atoms with Crippen molar-refractivity contribution in [1.29, 1.82) is 0 Å². The number of rotatable bonds is 8. The van der Waals surface area contributed by atoms with Crippen molar-refractivity contribution in [2.75, 3.05) is 13.7 Å². The van der Waals surface area contributed by atoms with Crippen molar-refractivity contribution in [2.24, 2.45) is 0 Å². The van der Waals surface area contributed by atoms with Crippen LogP contribution in [0.1, 0.15) is 40.0 Å². The van der Waals surface area contributed by atoms with Gasteiger partial charge < -0.3 is 20.5 Å². The van der Waals surface area contributed by atoms with E-state index in [4.69, 9.17) is 9.84 Å². The first-order chi connectivity index (χ1) is 8.39. The second-order valence-electron chi connectivity index (χ2n) is 4.55. The molecule has 0 aliphatic heterocycles. The van der Waals surface area contributed by atoms with Gasteiger partial charge in [-0.15, -0.1) is 0 Å². The molecule has 0 aliphatic rings. The van der Waals surface area contributed by atoms with Gasteiger partial charge in [-0.05, 0) is 19.8 Å². The van der Waals surface area contributed by atoms with E-state index in [0.717, 1.165) is 6.42 Å². The standard InChI is InChI=1S/C12H24N2O4/c1-5-7-12(3,10(15)16)14-11(17)13-9(6-2)8-18-4/h9H,5-8H2,1-4H3,(H,15,16)(H2,13,14,17). The zero-order valence-corrected chi connectivity index (χ0v) is 11.6. The maximum atomic E-state index is 11.7. The molecule has 18 heavy (non-hydrogen) atoms. The molecule has 0 spiro atoms. The lowest BCUT2D eigenvalue weighted by Crippen LogP contribution is -2.57. The van der Waals surface area contributed by atoms with Crippen molar-refractivity contribution in [2.45, 2.75) is 51.6 Å². The van der Waals surface area contributed by atoms with Gasteiger partial charge in [0, 0.05) is 7.11 Å². The van der Waals surface area contributed by atoms with Gasteiger partial charge in [-0.3, -0.25) is 0 Å². The fourth-order valence-electron chi connectivity index (χ4n) is 1.66. The van der Waals surface area contributed by atoms with Crippen LogP contribution in [0.5, 0.6) is 0 Å². The lowest BCUT2D eigenvalue weighted by atomic mass is 9.96. The summed E-state index contributed by atoms with van der Waals surface area (Å²) in [6, 6.07) is -0.591. The molecule has 6 nitrogen and oxygen atoms in total. The van der Waals surface area contributed by atoms with Gasteiger partial charge in [0.05, 0.1) is 12.6 Å². The number of carboxylic acid groups (broad SMARTS) is 1. The monoisotopic (exact) mass is 260 g/mol. The second kappa shape index (κ2) is 7.92. The largest absolute Gasteiger partial charge is 0.480 e. The molecule has 0 fully saturated rings. The van der Waals surface area contributed by atoms with Gasteiger partial charge >= 0.3 is 12.0 Å². The van der Waals surface area contributed by atoms with Crippen LogP contribution in [0.4, 0.5) is 4.79 Å².